The largest absolute Gasteiger partial charge is 0.396 e. The van der Waals surface area contributed by atoms with Crippen molar-refractivity contribution in [2.45, 2.75) is 52.4 Å². The second-order valence-corrected chi connectivity index (χ2v) is 10.3. The summed E-state index contributed by atoms with van der Waals surface area (Å²) >= 11 is 0. The number of fused-ring (bicyclic) bond motifs is 3. The Morgan fingerprint density at radius 3 is 2.50 bits per heavy atom. The van der Waals surface area contributed by atoms with E-state index in [1.807, 2.05) is 23.1 Å². The number of aromatic nitrogens is 2. The molecule has 2 aliphatic heterocycles. The third kappa shape index (κ3) is 3.61. The lowest BCUT2D eigenvalue weighted by Crippen LogP contribution is -2.42. The number of piperidine rings is 2. The van der Waals surface area contributed by atoms with Crippen LogP contribution >= 0.6 is 0 Å². The van der Waals surface area contributed by atoms with Crippen molar-refractivity contribution in [2.75, 3.05) is 37.7 Å². The summed E-state index contributed by atoms with van der Waals surface area (Å²) in [6.45, 7) is 9.30. The van der Waals surface area contributed by atoms with E-state index < -0.39 is 0 Å². The maximum Gasteiger partial charge on any atom is 0.219 e. The van der Waals surface area contributed by atoms with E-state index in [1.54, 1.807) is 6.92 Å². The van der Waals surface area contributed by atoms with Crippen LogP contribution in [0.5, 0.6) is 0 Å². The van der Waals surface area contributed by atoms with Gasteiger partial charge in [0.1, 0.15) is 11.9 Å². The van der Waals surface area contributed by atoms with Gasteiger partial charge in [-0.15, -0.1) is 0 Å². The highest BCUT2D eigenvalue weighted by atomic mass is 16.3. The summed E-state index contributed by atoms with van der Waals surface area (Å²) in [6, 6.07) is 10.6. The van der Waals surface area contributed by atoms with Crippen LogP contribution in [0.3, 0.4) is 0 Å². The minimum absolute atomic E-state index is 0.0462. The van der Waals surface area contributed by atoms with E-state index in [0.29, 0.717) is 5.56 Å². The van der Waals surface area contributed by atoms with Gasteiger partial charge >= 0.3 is 0 Å². The maximum absolute atomic E-state index is 11.9. The first-order chi connectivity index (χ1) is 16.4. The quantitative estimate of drug-likeness (QED) is 0.640. The Morgan fingerprint density at radius 2 is 1.88 bits per heavy atom. The molecular formula is C27H33N5O2. The van der Waals surface area contributed by atoms with Gasteiger partial charge in [0, 0.05) is 39.7 Å². The van der Waals surface area contributed by atoms with Crippen LogP contribution < -0.4 is 4.90 Å². The highest BCUT2D eigenvalue weighted by Crippen LogP contribution is 2.42. The second kappa shape index (κ2) is 8.59. The van der Waals surface area contributed by atoms with Crippen LogP contribution in [0.4, 0.5) is 5.82 Å². The van der Waals surface area contributed by atoms with Crippen molar-refractivity contribution in [3.63, 3.8) is 0 Å². The molecule has 3 aromatic rings. The first-order valence-corrected chi connectivity index (χ1v) is 12.3. The Hall–Kier alpha value is -3.11. The number of carbonyl (C=O) groups excluding carboxylic acids is 1. The lowest BCUT2D eigenvalue weighted by Gasteiger charge is -2.41. The van der Waals surface area contributed by atoms with Gasteiger partial charge in [-0.3, -0.25) is 9.20 Å². The predicted octanol–water partition coefficient (Wildman–Crippen LogP) is 3.99. The number of nitrogens with zero attached hydrogens (tertiary/aromatic N) is 5. The number of carbonyl (C=O) groups is 1. The normalized spacial score (nSPS) is 19.0. The Kier molecular flexibility index (Phi) is 5.73. The molecule has 1 N–H and O–H groups in total. The number of likely N-dealkylation sites (tertiary alicyclic amines) is 1. The topological polar surface area (TPSA) is 84.9 Å². The van der Waals surface area contributed by atoms with Gasteiger partial charge in [0.15, 0.2) is 5.65 Å². The highest BCUT2D eigenvalue weighted by Gasteiger charge is 2.34. The zero-order chi connectivity index (χ0) is 24.0. The van der Waals surface area contributed by atoms with Crippen molar-refractivity contribution < 1.29 is 9.90 Å². The minimum atomic E-state index is -0.0462. The summed E-state index contributed by atoms with van der Waals surface area (Å²) in [5.41, 5.74) is 5.48. The number of aliphatic hydroxyl groups is 1. The molecule has 0 bridgehead atoms. The van der Waals surface area contributed by atoms with Crippen molar-refractivity contribution in [3.8, 4) is 6.07 Å². The summed E-state index contributed by atoms with van der Waals surface area (Å²) in [6.07, 6.45) is 3.55. The van der Waals surface area contributed by atoms with E-state index in [1.165, 1.54) is 0 Å². The molecule has 0 radical (unpaired) electrons. The molecule has 0 spiro atoms. The lowest BCUT2D eigenvalue weighted by molar-refractivity contribution is -0.129. The predicted molar refractivity (Wildman–Crippen MR) is 133 cm³/mol. The summed E-state index contributed by atoms with van der Waals surface area (Å²) in [7, 11) is 0. The SMILES string of the molecule is CC(=O)N1CCC(c2c(C)c(N3CCC(C)(CO)CC3)n3c(nc4ccccc43)c2C#N)CC1. The van der Waals surface area contributed by atoms with Gasteiger partial charge in [0.2, 0.25) is 5.91 Å². The summed E-state index contributed by atoms with van der Waals surface area (Å²) in [5, 5.41) is 20.2. The maximum atomic E-state index is 11.9. The van der Waals surface area contributed by atoms with Gasteiger partial charge in [0.25, 0.3) is 0 Å². The first-order valence-electron chi connectivity index (χ1n) is 12.3. The molecule has 0 saturated carbocycles. The van der Waals surface area contributed by atoms with E-state index in [2.05, 4.69) is 35.3 Å². The molecule has 1 amide bonds. The molecule has 178 valence electrons. The van der Waals surface area contributed by atoms with Crippen molar-refractivity contribution in [1.82, 2.24) is 14.3 Å². The standard InChI is InChI=1S/C27H33N5O2/c1-18-24(20-8-12-30(13-9-20)19(2)34)21(16-28)25-29-22-6-4-5-7-23(22)32(25)26(18)31-14-10-27(3,17-33)11-15-31/h4-7,20,33H,8-15,17H2,1-3H3. The van der Waals surface area contributed by atoms with Crippen LogP contribution in [0, 0.1) is 23.7 Å². The zero-order valence-corrected chi connectivity index (χ0v) is 20.3. The minimum Gasteiger partial charge on any atom is -0.396 e. The molecule has 4 heterocycles. The molecule has 2 aromatic heterocycles. The number of nitriles is 1. The van der Waals surface area contributed by atoms with E-state index in [4.69, 9.17) is 4.98 Å². The number of benzene rings is 1. The number of hydrogen-bond donors (Lipinski definition) is 1. The van der Waals surface area contributed by atoms with Crippen LogP contribution in [0.15, 0.2) is 24.3 Å². The summed E-state index contributed by atoms with van der Waals surface area (Å²) in [4.78, 5) is 21.1. The molecule has 2 aliphatic rings. The number of imidazole rings is 1. The molecule has 1 aromatic carbocycles. The van der Waals surface area contributed by atoms with E-state index in [-0.39, 0.29) is 23.8 Å². The monoisotopic (exact) mass is 459 g/mol. The van der Waals surface area contributed by atoms with Crippen LogP contribution in [0.25, 0.3) is 16.7 Å². The van der Waals surface area contributed by atoms with Crippen molar-refractivity contribution in [1.29, 1.82) is 5.26 Å². The van der Waals surface area contributed by atoms with Gasteiger partial charge in [-0.2, -0.15) is 5.26 Å². The molecule has 2 saturated heterocycles. The number of anilines is 1. The van der Waals surface area contributed by atoms with E-state index in [9.17, 15) is 15.2 Å². The van der Waals surface area contributed by atoms with Crippen LogP contribution in [-0.4, -0.2) is 58.1 Å². The van der Waals surface area contributed by atoms with E-state index in [0.717, 1.165) is 85.5 Å². The number of rotatable bonds is 3. The number of pyridine rings is 1. The Morgan fingerprint density at radius 1 is 1.21 bits per heavy atom. The van der Waals surface area contributed by atoms with Gasteiger partial charge in [-0.25, -0.2) is 4.98 Å². The number of hydrogen-bond acceptors (Lipinski definition) is 5. The van der Waals surface area contributed by atoms with Crippen molar-refractivity contribution >= 4 is 28.4 Å². The van der Waals surface area contributed by atoms with Crippen molar-refractivity contribution in [3.05, 3.63) is 41.0 Å². The Labute approximate surface area is 200 Å². The summed E-state index contributed by atoms with van der Waals surface area (Å²) in [5.74, 6) is 1.46. The molecular weight excluding hydrogens is 426 g/mol. The molecule has 0 aliphatic carbocycles. The van der Waals surface area contributed by atoms with Crippen LogP contribution in [-0.2, 0) is 4.79 Å². The molecule has 0 atom stereocenters. The number of para-hydroxylation sites is 2. The molecule has 34 heavy (non-hydrogen) atoms. The lowest BCUT2D eigenvalue weighted by atomic mass is 9.80. The third-order valence-electron chi connectivity index (χ3n) is 8.12. The van der Waals surface area contributed by atoms with Gasteiger partial charge in [-0.1, -0.05) is 19.1 Å². The Bertz CT molecular complexity index is 1290. The van der Waals surface area contributed by atoms with Gasteiger partial charge in [-0.05, 0) is 67.2 Å². The average molecular weight is 460 g/mol. The van der Waals surface area contributed by atoms with Gasteiger partial charge < -0.3 is 14.9 Å². The zero-order valence-electron chi connectivity index (χ0n) is 20.3. The molecule has 5 rings (SSSR count). The molecule has 7 heteroatoms. The fourth-order valence-corrected chi connectivity index (χ4v) is 5.90. The Balaban J connectivity index is 1.69. The molecule has 7 nitrogen and oxygen atoms in total. The van der Waals surface area contributed by atoms with Gasteiger partial charge in [0.05, 0.1) is 16.6 Å². The van der Waals surface area contributed by atoms with Crippen LogP contribution in [0.1, 0.15) is 62.1 Å². The average Bonchev–Trinajstić information content (AvgIpc) is 3.23. The smallest absolute Gasteiger partial charge is 0.219 e. The number of amides is 1. The fraction of sp³-hybridized carbons (Fsp3) is 0.519. The summed E-state index contributed by atoms with van der Waals surface area (Å²) < 4.78 is 2.18. The highest BCUT2D eigenvalue weighted by molar-refractivity contribution is 5.86. The van der Waals surface area contributed by atoms with E-state index >= 15 is 0 Å². The first kappa shape index (κ1) is 22.7. The number of aliphatic hydroxyl groups excluding tert-OH is 1. The third-order valence-corrected chi connectivity index (χ3v) is 8.12. The van der Waals surface area contributed by atoms with Crippen molar-refractivity contribution in [2.24, 2.45) is 5.41 Å². The molecule has 2 fully saturated rings. The van der Waals surface area contributed by atoms with Crippen LogP contribution in [0.2, 0.25) is 0 Å². The fourth-order valence-electron chi connectivity index (χ4n) is 5.90. The molecule has 0 unspecified atom stereocenters. The second-order valence-electron chi connectivity index (χ2n) is 10.3.